The van der Waals surface area contributed by atoms with Crippen LogP contribution in [0.1, 0.15) is 40.3 Å². The Morgan fingerprint density at radius 1 is 1.22 bits per heavy atom. The number of hydrogen-bond acceptors (Lipinski definition) is 7. The molecule has 3 aromatic rings. The predicted octanol–water partition coefficient (Wildman–Crippen LogP) is 3.74. The van der Waals surface area contributed by atoms with Gasteiger partial charge in [-0.05, 0) is 24.6 Å². The van der Waals surface area contributed by atoms with Crippen LogP contribution < -0.4 is 10.1 Å². The maximum absolute atomic E-state index is 14.3. The summed E-state index contributed by atoms with van der Waals surface area (Å²) in [5, 5.41) is 22.5. The van der Waals surface area contributed by atoms with Gasteiger partial charge >= 0.3 is 5.97 Å². The van der Waals surface area contributed by atoms with Crippen molar-refractivity contribution >= 4 is 22.7 Å². The third-order valence-corrected chi connectivity index (χ3v) is 4.92. The summed E-state index contributed by atoms with van der Waals surface area (Å²) in [4.78, 5) is 20.1. The van der Waals surface area contributed by atoms with Crippen LogP contribution in [-0.2, 0) is 17.3 Å². The number of aromatic carboxylic acids is 1. The van der Waals surface area contributed by atoms with Crippen LogP contribution in [0.5, 0.6) is 5.75 Å². The van der Waals surface area contributed by atoms with Gasteiger partial charge in [0.25, 0.3) is 5.92 Å². The summed E-state index contributed by atoms with van der Waals surface area (Å²) in [5.74, 6) is -3.87. The number of ether oxygens (including phenoxy) is 2. The van der Waals surface area contributed by atoms with E-state index in [4.69, 9.17) is 4.74 Å². The Kier molecular flexibility index (Phi) is 6.85. The Morgan fingerprint density at radius 3 is 2.59 bits per heavy atom. The Bertz CT molecular complexity index is 1140. The summed E-state index contributed by atoms with van der Waals surface area (Å²) >= 11 is 0. The summed E-state index contributed by atoms with van der Waals surface area (Å²) in [7, 11) is 2.55. The smallest absolute Gasteiger partial charge is 0.339 e. The summed E-state index contributed by atoms with van der Waals surface area (Å²) in [6, 6.07) is 8.25. The summed E-state index contributed by atoms with van der Waals surface area (Å²) in [6.45, 7) is 0.566. The van der Waals surface area contributed by atoms with Crippen LogP contribution in [0.25, 0.3) is 10.9 Å². The minimum Gasteiger partial charge on any atom is -0.496 e. The normalized spacial score (nSPS) is 12.6. The highest BCUT2D eigenvalue weighted by Crippen LogP contribution is 2.33. The van der Waals surface area contributed by atoms with Crippen molar-refractivity contribution in [2.24, 2.45) is 0 Å². The Hall–Kier alpha value is -3.37. The number of alkyl halides is 2. The molecule has 3 N–H and O–H groups in total. The maximum atomic E-state index is 14.3. The zero-order valence-electron chi connectivity index (χ0n) is 17.7. The van der Waals surface area contributed by atoms with Gasteiger partial charge < -0.3 is 25.0 Å². The second-order valence-electron chi connectivity index (χ2n) is 7.15. The van der Waals surface area contributed by atoms with Gasteiger partial charge in [-0.1, -0.05) is 18.2 Å². The number of aliphatic hydroxyl groups is 1. The molecule has 0 saturated heterocycles. The second-order valence-corrected chi connectivity index (χ2v) is 7.15. The molecule has 1 heterocycles. The molecule has 170 valence electrons. The van der Waals surface area contributed by atoms with E-state index in [9.17, 15) is 23.8 Å². The monoisotopic (exact) mass is 447 g/mol. The van der Waals surface area contributed by atoms with Gasteiger partial charge in [0.1, 0.15) is 30.3 Å². The van der Waals surface area contributed by atoms with E-state index in [1.165, 1.54) is 44.6 Å². The van der Waals surface area contributed by atoms with E-state index < -0.39 is 31.1 Å². The first-order valence-electron chi connectivity index (χ1n) is 9.66. The van der Waals surface area contributed by atoms with Crippen molar-refractivity contribution in [1.29, 1.82) is 0 Å². The molecule has 1 atom stereocenters. The van der Waals surface area contributed by atoms with Crippen molar-refractivity contribution in [2.75, 3.05) is 26.1 Å². The van der Waals surface area contributed by atoms with Crippen molar-refractivity contribution in [2.45, 2.75) is 25.5 Å². The van der Waals surface area contributed by atoms with Crippen LogP contribution >= 0.6 is 0 Å². The van der Waals surface area contributed by atoms with E-state index in [2.05, 4.69) is 20.0 Å². The van der Waals surface area contributed by atoms with Crippen molar-refractivity contribution in [3.8, 4) is 5.75 Å². The topological polar surface area (TPSA) is 114 Å². The summed E-state index contributed by atoms with van der Waals surface area (Å²) in [6.07, 6.45) is 0. The molecule has 8 nitrogen and oxygen atoms in total. The predicted molar refractivity (Wildman–Crippen MR) is 113 cm³/mol. The van der Waals surface area contributed by atoms with E-state index in [1.807, 2.05) is 0 Å². The standard InChI is InChI=1S/C22H23F2N3O5/c1-12(13-5-4-6-14(7-13)22(23,24)11-31-2)25-20-15-8-16(21(29)30)18(32-3)9-17(15)26-19(10-28)27-20/h4-9,12,28H,10-11H2,1-3H3,(H,29,30)(H,25,26,27)/t12-/m1/s1. The number of benzene rings is 2. The molecule has 0 radical (unpaired) electrons. The van der Waals surface area contributed by atoms with Gasteiger partial charge in [-0.25, -0.2) is 14.8 Å². The first-order chi connectivity index (χ1) is 15.2. The summed E-state index contributed by atoms with van der Waals surface area (Å²) in [5.41, 5.74) is 0.646. The number of carbonyl (C=O) groups is 1. The van der Waals surface area contributed by atoms with Crippen molar-refractivity contribution in [3.05, 3.63) is 58.9 Å². The number of hydrogen-bond donors (Lipinski definition) is 3. The minimum absolute atomic E-state index is 0.0859. The fourth-order valence-electron chi connectivity index (χ4n) is 3.31. The number of carboxylic acids is 1. The number of methoxy groups -OCH3 is 2. The van der Waals surface area contributed by atoms with Gasteiger partial charge in [-0.2, -0.15) is 8.78 Å². The van der Waals surface area contributed by atoms with Crippen molar-refractivity contribution < 1.29 is 33.3 Å². The van der Waals surface area contributed by atoms with Gasteiger partial charge in [0, 0.05) is 30.2 Å². The van der Waals surface area contributed by atoms with E-state index in [0.717, 1.165) is 0 Å². The number of carboxylic acid groups (broad SMARTS) is 1. The molecule has 0 saturated carbocycles. The molecule has 0 aliphatic rings. The average molecular weight is 447 g/mol. The Balaban J connectivity index is 2.04. The number of fused-ring (bicyclic) bond motifs is 1. The molecule has 0 fully saturated rings. The molecule has 0 spiro atoms. The van der Waals surface area contributed by atoms with Crippen LogP contribution in [0, 0.1) is 0 Å². The lowest BCUT2D eigenvalue weighted by Gasteiger charge is -2.20. The van der Waals surface area contributed by atoms with E-state index in [0.29, 0.717) is 16.5 Å². The molecule has 0 aliphatic carbocycles. The number of rotatable bonds is 9. The first kappa shape index (κ1) is 23.3. The van der Waals surface area contributed by atoms with E-state index in [-0.39, 0.29) is 28.5 Å². The first-order valence-corrected chi connectivity index (χ1v) is 9.66. The molecule has 10 heteroatoms. The molecule has 3 rings (SSSR count). The molecular formula is C22H23F2N3O5. The van der Waals surface area contributed by atoms with Gasteiger partial charge in [0.05, 0.1) is 12.6 Å². The number of aliphatic hydroxyl groups excluding tert-OH is 1. The highest BCUT2D eigenvalue weighted by molar-refractivity contribution is 6.00. The SMILES string of the molecule is COCC(F)(F)c1cccc([C@@H](C)Nc2nc(CO)nc3cc(OC)c(C(=O)O)cc23)c1. The molecule has 2 aromatic carbocycles. The lowest BCUT2D eigenvalue weighted by molar-refractivity contribution is -0.0698. The van der Waals surface area contributed by atoms with Gasteiger partial charge in [0.15, 0.2) is 5.82 Å². The fourth-order valence-corrected chi connectivity index (χ4v) is 3.31. The highest BCUT2D eigenvalue weighted by atomic mass is 19.3. The lowest BCUT2D eigenvalue weighted by atomic mass is 10.0. The van der Waals surface area contributed by atoms with Crippen LogP contribution in [0.2, 0.25) is 0 Å². The Labute approximate surface area is 182 Å². The van der Waals surface area contributed by atoms with Crippen LogP contribution in [0.15, 0.2) is 36.4 Å². The van der Waals surface area contributed by atoms with Gasteiger partial charge in [0.2, 0.25) is 0 Å². The maximum Gasteiger partial charge on any atom is 0.339 e. The largest absolute Gasteiger partial charge is 0.496 e. The quantitative estimate of drug-likeness (QED) is 0.455. The fraction of sp³-hybridized carbons (Fsp3) is 0.318. The molecule has 0 bridgehead atoms. The van der Waals surface area contributed by atoms with Gasteiger partial charge in [-0.3, -0.25) is 0 Å². The molecular weight excluding hydrogens is 424 g/mol. The third kappa shape index (κ3) is 4.76. The number of nitrogens with one attached hydrogen (secondary N) is 1. The Morgan fingerprint density at radius 2 is 1.97 bits per heavy atom. The number of halogens is 2. The second kappa shape index (κ2) is 9.41. The third-order valence-electron chi connectivity index (χ3n) is 4.92. The van der Waals surface area contributed by atoms with E-state index in [1.54, 1.807) is 13.0 Å². The van der Waals surface area contributed by atoms with Crippen molar-refractivity contribution in [3.63, 3.8) is 0 Å². The van der Waals surface area contributed by atoms with Gasteiger partial charge in [-0.15, -0.1) is 0 Å². The molecule has 0 amide bonds. The zero-order valence-corrected chi connectivity index (χ0v) is 17.7. The van der Waals surface area contributed by atoms with Crippen LogP contribution in [0.4, 0.5) is 14.6 Å². The molecule has 32 heavy (non-hydrogen) atoms. The van der Waals surface area contributed by atoms with E-state index >= 15 is 0 Å². The average Bonchev–Trinajstić information content (AvgIpc) is 2.77. The van der Waals surface area contributed by atoms with Crippen molar-refractivity contribution in [1.82, 2.24) is 9.97 Å². The molecule has 0 aliphatic heterocycles. The van der Waals surface area contributed by atoms with Crippen LogP contribution in [0.3, 0.4) is 0 Å². The summed E-state index contributed by atoms with van der Waals surface area (Å²) < 4.78 is 38.3. The minimum atomic E-state index is -3.15. The number of nitrogens with zero attached hydrogens (tertiary/aromatic N) is 2. The highest BCUT2D eigenvalue weighted by Gasteiger charge is 2.32. The molecule has 0 unspecified atom stereocenters. The lowest BCUT2D eigenvalue weighted by Crippen LogP contribution is -2.20. The molecule has 1 aromatic heterocycles. The number of aromatic nitrogens is 2. The van der Waals surface area contributed by atoms with Crippen LogP contribution in [-0.4, -0.2) is 47.0 Å². The number of anilines is 1. The zero-order chi connectivity index (χ0) is 23.5.